The van der Waals surface area contributed by atoms with Crippen molar-refractivity contribution in [2.75, 3.05) is 24.2 Å². The smallest absolute Gasteiger partial charge is 0.340 e. The highest BCUT2D eigenvalue weighted by atomic mass is 16.5. The zero-order valence-electron chi connectivity index (χ0n) is 12.6. The summed E-state index contributed by atoms with van der Waals surface area (Å²) in [6.45, 7) is 3.12. The van der Waals surface area contributed by atoms with Crippen LogP contribution < -0.4 is 11.1 Å². The van der Waals surface area contributed by atoms with Gasteiger partial charge in [-0.05, 0) is 56.1 Å². The van der Waals surface area contributed by atoms with Crippen molar-refractivity contribution in [2.24, 2.45) is 17.8 Å². The Morgan fingerprint density at radius 1 is 1.38 bits per heavy atom. The molecular formula is C17H24N2O2. The second-order valence-corrected chi connectivity index (χ2v) is 6.30. The Hall–Kier alpha value is -1.71. The molecule has 0 spiro atoms. The Morgan fingerprint density at radius 3 is 2.90 bits per heavy atom. The van der Waals surface area contributed by atoms with Crippen LogP contribution in [0.15, 0.2) is 18.2 Å². The molecule has 4 heteroatoms. The van der Waals surface area contributed by atoms with Gasteiger partial charge < -0.3 is 15.8 Å². The van der Waals surface area contributed by atoms with Crippen molar-refractivity contribution in [1.29, 1.82) is 0 Å². The number of rotatable bonds is 5. The topological polar surface area (TPSA) is 64.3 Å². The first-order chi connectivity index (χ1) is 10.2. The van der Waals surface area contributed by atoms with E-state index in [1.807, 2.05) is 12.1 Å². The molecule has 1 aromatic carbocycles. The molecule has 21 heavy (non-hydrogen) atoms. The van der Waals surface area contributed by atoms with Crippen LogP contribution in [0.25, 0.3) is 0 Å². The number of benzene rings is 1. The van der Waals surface area contributed by atoms with Crippen LogP contribution >= 0.6 is 0 Å². The Morgan fingerprint density at radius 2 is 2.24 bits per heavy atom. The lowest BCUT2D eigenvalue weighted by Gasteiger charge is -2.23. The summed E-state index contributed by atoms with van der Waals surface area (Å²) >= 11 is 0. The molecule has 2 fully saturated rings. The average molecular weight is 288 g/mol. The predicted molar refractivity (Wildman–Crippen MR) is 84.2 cm³/mol. The Bertz CT molecular complexity index is 530. The Balaban J connectivity index is 1.65. The van der Waals surface area contributed by atoms with E-state index in [0.717, 1.165) is 30.0 Å². The van der Waals surface area contributed by atoms with Crippen molar-refractivity contribution in [1.82, 2.24) is 0 Å². The number of nitrogen functional groups attached to an aromatic ring is 1. The first-order valence-electron chi connectivity index (χ1n) is 7.98. The normalized spacial score (nSPS) is 26.8. The number of anilines is 2. The molecular weight excluding hydrogens is 264 g/mol. The predicted octanol–water partition coefficient (Wildman–Crippen LogP) is 3.29. The maximum atomic E-state index is 11.9. The molecule has 2 bridgehead atoms. The van der Waals surface area contributed by atoms with Crippen LogP contribution in [-0.2, 0) is 4.74 Å². The second-order valence-electron chi connectivity index (χ2n) is 6.30. The van der Waals surface area contributed by atoms with E-state index >= 15 is 0 Å². The van der Waals surface area contributed by atoms with Crippen LogP contribution in [0.5, 0.6) is 0 Å². The number of para-hydroxylation sites is 1. The lowest BCUT2D eigenvalue weighted by molar-refractivity contribution is 0.0527. The molecule has 3 atom stereocenters. The molecule has 0 aliphatic heterocycles. The fraction of sp³-hybridized carbons (Fsp3) is 0.588. The largest absolute Gasteiger partial charge is 0.462 e. The monoisotopic (exact) mass is 288 g/mol. The molecule has 3 unspecified atom stereocenters. The molecule has 0 aromatic heterocycles. The van der Waals surface area contributed by atoms with Crippen molar-refractivity contribution < 1.29 is 9.53 Å². The molecule has 0 saturated heterocycles. The van der Waals surface area contributed by atoms with Crippen molar-refractivity contribution in [3.05, 3.63) is 23.8 Å². The number of hydrogen-bond donors (Lipinski definition) is 2. The van der Waals surface area contributed by atoms with Gasteiger partial charge in [0.05, 0.1) is 23.5 Å². The second kappa shape index (κ2) is 5.96. The number of nitrogens with one attached hydrogen (secondary N) is 1. The summed E-state index contributed by atoms with van der Waals surface area (Å²) in [5.41, 5.74) is 7.91. The van der Waals surface area contributed by atoms with Crippen LogP contribution in [0.3, 0.4) is 0 Å². The first-order valence-corrected chi connectivity index (χ1v) is 7.98. The summed E-state index contributed by atoms with van der Waals surface area (Å²) in [6.07, 6.45) is 5.55. The highest BCUT2D eigenvalue weighted by Crippen LogP contribution is 2.48. The molecule has 0 amide bonds. The summed E-state index contributed by atoms with van der Waals surface area (Å²) in [6, 6.07) is 5.51. The van der Waals surface area contributed by atoms with Crippen LogP contribution in [0.2, 0.25) is 0 Å². The third-order valence-corrected chi connectivity index (χ3v) is 5.04. The third kappa shape index (κ3) is 2.85. The van der Waals surface area contributed by atoms with Gasteiger partial charge in [0.2, 0.25) is 0 Å². The van der Waals surface area contributed by atoms with Crippen LogP contribution in [0.4, 0.5) is 11.4 Å². The molecule has 0 radical (unpaired) electrons. The van der Waals surface area contributed by atoms with E-state index in [9.17, 15) is 4.79 Å². The van der Waals surface area contributed by atoms with E-state index in [1.165, 1.54) is 25.7 Å². The minimum atomic E-state index is -0.349. The van der Waals surface area contributed by atoms with Crippen molar-refractivity contribution in [2.45, 2.75) is 32.6 Å². The van der Waals surface area contributed by atoms with Gasteiger partial charge in [0, 0.05) is 6.54 Å². The van der Waals surface area contributed by atoms with Gasteiger partial charge in [-0.15, -0.1) is 0 Å². The highest BCUT2D eigenvalue weighted by Gasteiger charge is 2.39. The zero-order chi connectivity index (χ0) is 14.8. The van der Waals surface area contributed by atoms with Gasteiger partial charge in [0.15, 0.2) is 0 Å². The molecule has 4 nitrogen and oxygen atoms in total. The molecule has 3 rings (SSSR count). The average Bonchev–Trinajstić information content (AvgIpc) is 3.09. The van der Waals surface area contributed by atoms with E-state index in [-0.39, 0.29) is 5.97 Å². The van der Waals surface area contributed by atoms with E-state index in [0.29, 0.717) is 17.9 Å². The van der Waals surface area contributed by atoms with Gasteiger partial charge >= 0.3 is 5.97 Å². The Kier molecular flexibility index (Phi) is 4.04. The quantitative estimate of drug-likeness (QED) is 0.644. The van der Waals surface area contributed by atoms with E-state index in [2.05, 4.69) is 5.32 Å². The SMILES string of the molecule is CCOC(=O)c1cccc(NCC2CC3CCC2C3)c1N. The van der Waals surface area contributed by atoms with E-state index in [4.69, 9.17) is 10.5 Å². The van der Waals surface area contributed by atoms with Gasteiger partial charge in [-0.3, -0.25) is 0 Å². The maximum absolute atomic E-state index is 11.9. The third-order valence-electron chi connectivity index (χ3n) is 5.04. The van der Waals surface area contributed by atoms with E-state index < -0.39 is 0 Å². The molecule has 114 valence electrons. The molecule has 2 aliphatic rings. The number of ether oxygens (including phenoxy) is 1. The summed E-state index contributed by atoms with van der Waals surface area (Å²) in [4.78, 5) is 11.9. The van der Waals surface area contributed by atoms with Crippen LogP contribution in [-0.4, -0.2) is 19.1 Å². The van der Waals surface area contributed by atoms with Gasteiger partial charge in [0.25, 0.3) is 0 Å². The van der Waals surface area contributed by atoms with E-state index in [1.54, 1.807) is 13.0 Å². The number of carbonyl (C=O) groups is 1. The molecule has 3 N–H and O–H groups in total. The number of esters is 1. The molecule has 2 aliphatic carbocycles. The number of fused-ring (bicyclic) bond motifs is 2. The molecule has 1 aromatic rings. The lowest BCUT2D eigenvalue weighted by Crippen LogP contribution is -2.21. The highest BCUT2D eigenvalue weighted by molar-refractivity contribution is 5.98. The van der Waals surface area contributed by atoms with Crippen molar-refractivity contribution in [3.8, 4) is 0 Å². The fourth-order valence-corrected chi connectivity index (χ4v) is 3.97. The standard InChI is InChI=1S/C17H24N2O2/c1-2-21-17(20)14-4-3-5-15(16(14)18)19-10-13-9-11-6-7-12(13)8-11/h3-5,11-13,19H,2,6-10,18H2,1H3. The summed E-state index contributed by atoms with van der Waals surface area (Å²) in [7, 11) is 0. The maximum Gasteiger partial charge on any atom is 0.340 e. The number of hydrogen-bond acceptors (Lipinski definition) is 4. The Labute approximate surface area is 126 Å². The van der Waals surface area contributed by atoms with Gasteiger partial charge in [-0.2, -0.15) is 0 Å². The summed E-state index contributed by atoms with van der Waals surface area (Å²) in [5.74, 6) is 2.25. The first kappa shape index (κ1) is 14.2. The summed E-state index contributed by atoms with van der Waals surface area (Å²) < 4.78 is 5.04. The van der Waals surface area contributed by atoms with Crippen LogP contribution in [0, 0.1) is 17.8 Å². The van der Waals surface area contributed by atoms with Crippen LogP contribution in [0.1, 0.15) is 43.0 Å². The summed E-state index contributed by atoms with van der Waals surface area (Å²) in [5, 5.41) is 3.44. The number of nitrogens with two attached hydrogens (primary N) is 1. The molecule has 2 saturated carbocycles. The van der Waals surface area contributed by atoms with Gasteiger partial charge in [0.1, 0.15) is 0 Å². The minimum Gasteiger partial charge on any atom is -0.462 e. The fourth-order valence-electron chi connectivity index (χ4n) is 3.97. The van der Waals surface area contributed by atoms with Crippen molar-refractivity contribution in [3.63, 3.8) is 0 Å². The lowest BCUT2D eigenvalue weighted by atomic mass is 9.89. The minimum absolute atomic E-state index is 0.349. The van der Waals surface area contributed by atoms with Gasteiger partial charge in [-0.1, -0.05) is 12.5 Å². The van der Waals surface area contributed by atoms with Gasteiger partial charge in [-0.25, -0.2) is 4.79 Å². The van der Waals surface area contributed by atoms with Crippen molar-refractivity contribution >= 4 is 17.3 Å². The zero-order valence-corrected chi connectivity index (χ0v) is 12.6. The molecule has 0 heterocycles. The number of carbonyl (C=O) groups excluding carboxylic acids is 1.